The predicted molar refractivity (Wildman–Crippen MR) is 316 cm³/mol. The van der Waals surface area contributed by atoms with Gasteiger partial charge in [-0.15, -0.1) is 0 Å². The van der Waals surface area contributed by atoms with Gasteiger partial charge in [-0.2, -0.15) is 0 Å². The third kappa shape index (κ3) is 6.81. The van der Waals surface area contributed by atoms with E-state index in [4.69, 9.17) is 34.9 Å². The van der Waals surface area contributed by atoms with Gasteiger partial charge >= 0.3 is 0 Å². The topological polar surface area (TPSA) is 154 Å². The number of anilines is 3. The third-order valence-corrected chi connectivity index (χ3v) is 16.2. The van der Waals surface area contributed by atoms with Gasteiger partial charge in [0.15, 0.2) is 5.82 Å². The van der Waals surface area contributed by atoms with Gasteiger partial charge in [0.1, 0.15) is 12.4 Å². The Balaban J connectivity index is 1.12. The zero-order chi connectivity index (χ0) is 51.4. The Labute approximate surface area is 448 Å². The van der Waals surface area contributed by atoms with Crippen LogP contribution in [0.4, 0.5) is 17.1 Å². The first-order chi connectivity index (χ1) is 38.6. The zero-order valence-corrected chi connectivity index (χ0v) is 42.0. The van der Waals surface area contributed by atoms with Crippen molar-refractivity contribution in [2.75, 3.05) is 16.9 Å². The fraction of sp³-hybridized carbons (Fsp3) is 0.0154. The second-order valence-electron chi connectivity index (χ2n) is 19.4. The lowest BCUT2D eigenvalue weighted by molar-refractivity contribution is 0.476. The van der Waals surface area contributed by atoms with Gasteiger partial charge in [0, 0.05) is 107 Å². The minimum Gasteiger partial charge on any atom is -0.505 e. The highest BCUT2D eigenvalue weighted by atomic mass is 32.2. The van der Waals surface area contributed by atoms with Crippen molar-refractivity contribution in [3.63, 3.8) is 0 Å². The van der Waals surface area contributed by atoms with E-state index in [1.54, 1.807) is 30.4 Å². The Morgan fingerprint density at radius 3 is 2.13 bits per heavy atom. The molecule has 78 heavy (non-hydrogen) atoms. The maximum atomic E-state index is 12.9. The van der Waals surface area contributed by atoms with E-state index in [2.05, 4.69) is 112 Å². The van der Waals surface area contributed by atoms with E-state index >= 15 is 0 Å². The molecule has 0 saturated heterocycles. The molecule has 2 aliphatic heterocycles. The summed E-state index contributed by atoms with van der Waals surface area (Å²) in [5.41, 5.74) is 15.6. The Morgan fingerprint density at radius 1 is 0.526 bits per heavy atom. The van der Waals surface area contributed by atoms with Gasteiger partial charge in [-0.25, -0.2) is 24.9 Å². The molecular weight excluding hydrogens is 983 g/mol. The van der Waals surface area contributed by atoms with Crippen LogP contribution in [-0.4, -0.2) is 57.9 Å². The average molecular weight is 1020 g/mol. The number of nitrogens with one attached hydrogen (secondary N) is 2. The normalized spacial score (nSPS) is 13.1. The number of allylic oxidation sites excluding steroid dienone is 1. The summed E-state index contributed by atoms with van der Waals surface area (Å²) in [6, 6.07) is 55.6. The average Bonchev–Trinajstić information content (AvgIpc) is 3.75. The summed E-state index contributed by atoms with van der Waals surface area (Å²) in [7, 11) is 0. The van der Waals surface area contributed by atoms with E-state index in [9.17, 15) is 5.11 Å². The second kappa shape index (κ2) is 17.3. The van der Waals surface area contributed by atoms with Crippen LogP contribution >= 0.6 is 11.8 Å². The monoisotopic (exact) mass is 1020 g/mol. The molecule has 2 aliphatic rings. The van der Waals surface area contributed by atoms with Gasteiger partial charge in [0.25, 0.3) is 0 Å². The van der Waals surface area contributed by atoms with E-state index in [1.807, 2.05) is 96.3 Å². The Kier molecular flexibility index (Phi) is 9.78. The SMILES string of the molecule is Oc1c(N2C=CC=NC2)cc2c(c1-c1cc3ccccc3[nH]1)Sc1c(c(-c3cccc4nc5ccccc5nc34)c(-c3ccc4ccc5cccnc5c4n3)c(-c3cccc4ncc5ccccc5c34)c1-c1ncccn1)N2. The van der Waals surface area contributed by atoms with Gasteiger partial charge in [0.2, 0.25) is 0 Å². The molecule has 12 nitrogen and oxygen atoms in total. The van der Waals surface area contributed by atoms with Crippen molar-refractivity contribution < 1.29 is 5.11 Å². The summed E-state index contributed by atoms with van der Waals surface area (Å²) >= 11 is 1.58. The van der Waals surface area contributed by atoms with Crippen LogP contribution in [0, 0.1) is 0 Å². The number of pyridine rings is 3. The molecule has 13 heteroatoms. The summed E-state index contributed by atoms with van der Waals surface area (Å²) in [6.07, 6.45) is 13.0. The maximum Gasteiger partial charge on any atom is 0.160 e. The number of aliphatic imine (C=N–C) groups is 1. The van der Waals surface area contributed by atoms with E-state index in [-0.39, 0.29) is 5.75 Å². The van der Waals surface area contributed by atoms with Gasteiger partial charge in [-0.3, -0.25) is 15.0 Å². The largest absolute Gasteiger partial charge is 0.505 e. The van der Waals surface area contributed by atoms with E-state index in [1.165, 1.54) is 0 Å². The van der Waals surface area contributed by atoms with Gasteiger partial charge in [-0.1, -0.05) is 115 Å². The molecule has 0 atom stereocenters. The highest BCUT2D eigenvalue weighted by Crippen LogP contribution is 2.63. The quantitative estimate of drug-likeness (QED) is 0.0828. The summed E-state index contributed by atoms with van der Waals surface area (Å²) in [4.78, 5) is 48.7. The molecule has 3 N–H and O–H groups in total. The number of H-pyrrole nitrogens is 1. The summed E-state index contributed by atoms with van der Waals surface area (Å²) < 4.78 is 0. The lowest BCUT2D eigenvalue weighted by atomic mass is 9.82. The summed E-state index contributed by atoms with van der Waals surface area (Å²) in [5.74, 6) is 0.610. The number of nitrogens with zero attached hydrogens (tertiary/aromatic N) is 9. The minimum absolute atomic E-state index is 0.110. The van der Waals surface area contributed by atoms with E-state index in [0.717, 1.165) is 131 Å². The van der Waals surface area contributed by atoms with E-state index in [0.29, 0.717) is 35.0 Å². The number of para-hydroxylation sites is 4. The Bertz CT molecular complexity index is 4910. The highest BCUT2D eigenvalue weighted by Gasteiger charge is 2.37. The molecule has 0 unspecified atom stereocenters. The lowest BCUT2D eigenvalue weighted by Gasteiger charge is -2.33. The molecule has 0 aliphatic carbocycles. The molecule has 6 aromatic heterocycles. The highest BCUT2D eigenvalue weighted by molar-refractivity contribution is 8.00. The van der Waals surface area contributed by atoms with Crippen LogP contribution < -0.4 is 10.2 Å². The fourth-order valence-corrected chi connectivity index (χ4v) is 12.8. The van der Waals surface area contributed by atoms with Crippen LogP contribution in [0.1, 0.15) is 0 Å². The number of phenols is 1. The minimum atomic E-state index is 0.110. The van der Waals surface area contributed by atoms with E-state index < -0.39 is 0 Å². The number of aromatic hydroxyl groups is 1. The maximum absolute atomic E-state index is 12.9. The van der Waals surface area contributed by atoms with Crippen molar-refractivity contribution in [3.05, 3.63) is 201 Å². The number of hydrogen-bond acceptors (Lipinski definition) is 12. The molecule has 366 valence electrons. The van der Waals surface area contributed by atoms with Crippen molar-refractivity contribution in [1.82, 2.24) is 39.9 Å². The standard InChI is InChI=1S/C65H39N11OS/c77-62-51(76-31-11-27-66-35-76)33-50-63(56(62)49-32-38-12-2-4-18-43(38)71-49)78-64-57(65-68-29-10-30-69-65)53(41-16-7-21-46-52(41)40-15-3-1-13-39(40)34-70-46)55(47-26-25-37-24-23-36-14-9-28-67-58(36)59(37)74-47)54(61(64)75-50)42-17-8-22-48-60(42)73-45-20-6-5-19-44(45)72-48/h1-34,71,75,77H,35H2. The van der Waals surface area contributed by atoms with Gasteiger partial charge in [-0.05, 0) is 77.7 Å². The number of benzene rings is 8. The fourth-order valence-electron chi connectivity index (χ4n) is 11.5. The van der Waals surface area contributed by atoms with Gasteiger partial charge in [0.05, 0.1) is 72.6 Å². The number of hydrogen-bond donors (Lipinski definition) is 3. The van der Waals surface area contributed by atoms with Crippen LogP contribution in [0.3, 0.4) is 0 Å². The molecule has 8 heterocycles. The zero-order valence-electron chi connectivity index (χ0n) is 41.2. The molecule has 0 fully saturated rings. The molecule has 0 spiro atoms. The van der Waals surface area contributed by atoms with Crippen molar-refractivity contribution in [1.29, 1.82) is 0 Å². The number of aromatic nitrogens is 8. The van der Waals surface area contributed by atoms with Crippen LogP contribution in [0.25, 0.3) is 133 Å². The number of phenolic OH excluding ortho intramolecular Hbond substituents is 1. The van der Waals surface area contributed by atoms with Crippen molar-refractivity contribution in [2.24, 2.45) is 4.99 Å². The van der Waals surface area contributed by atoms with Crippen molar-refractivity contribution >= 4 is 111 Å². The first kappa shape index (κ1) is 44.0. The molecular formula is C65H39N11OS. The first-order valence-electron chi connectivity index (χ1n) is 25.5. The van der Waals surface area contributed by atoms with Crippen molar-refractivity contribution in [2.45, 2.75) is 9.79 Å². The van der Waals surface area contributed by atoms with Crippen LogP contribution in [0.2, 0.25) is 0 Å². The molecule has 16 rings (SSSR count). The second-order valence-corrected chi connectivity index (χ2v) is 20.4. The van der Waals surface area contributed by atoms with Crippen LogP contribution in [0.5, 0.6) is 5.75 Å². The number of aromatic amines is 1. The third-order valence-electron chi connectivity index (χ3n) is 15.0. The summed E-state index contributed by atoms with van der Waals surface area (Å²) in [6.45, 7) is 0.321. The van der Waals surface area contributed by atoms with Crippen LogP contribution in [0.15, 0.2) is 216 Å². The molecule has 8 aromatic carbocycles. The van der Waals surface area contributed by atoms with Crippen LogP contribution in [-0.2, 0) is 0 Å². The number of fused-ring (bicyclic) bond motifs is 11. The lowest BCUT2D eigenvalue weighted by Crippen LogP contribution is -2.19. The van der Waals surface area contributed by atoms with Crippen molar-refractivity contribution in [3.8, 4) is 61.9 Å². The molecule has 0 radical (unpaired) electrons. The molecule has 0 amide bonds. The first-order valence-corrected chi connectivity index (χ1v) is 26.4. The molecule has 14 aromatic rings. The Hall–Kier alpha value is -10.4. The Morgan fingerprint density at radius 2 is 1.27 bits per heavy atom. The summed E-state index contributed by atoms with van der Waals surface area (Å²) in [5, 5.41) is 23.0. The smallest absolute Gasteiger partial charge is 0.160 e. The van der Waals surface area contributed by atoms with Gasteiger partial charge < -0.3 is 20.3 Å². The molecule has 0 bridgehead atoms. The molecule has 0 saturated carbocycles. The predicted octanol–water partition coefficient (Wildman–Crippen LogP) is 15.5. The number of rotatable bonds is 6.